The SMILES string of the molecule is c1ccc2c(OCC3CO3)c(Cc3ccc4ccccc4c3OCC3CO3)ccc2c1. The van der Waals surface area contributed by atoms with E-state index in [1.165, 1.54) is 10.8 Å². The monoisotopic (exact) mass is 412 g/mol. The van der Waals surface area contributed by atoms with Crippen molar-refractivity contribution in [1.82, 2.24) is 0 Å². The normalized spacial score (nSPS) is 19.5. The van der Waals surface area contributed by atoms with Crippen LogP contribution in [0.25, 0.3) is 21.5 Å². The lowest BCUT2D eigenvalue weighted by Crippen LogP contribution is -2.08. The number of fused-ring (bicyclic) bond motifs is 2. The van der Waals surface area contributed by atoms with Crippen molar-refractivity contribution in [2.75, 3.05) is 26.4 Å². The van der Waals surface area contributed by atoms with Crippen molar-refractivity contribution in [2.24, 2.45) is 0 Å². The first kappa shape index (κ1) is 18.7. The molecule has 2 heterocycles. The van der Waals surface area contributed by atoms with Crippen LogP contribution < -0.4 is 9.47 Å². The molecular formula is C27H24O4. The zero-order chi connectivity index (χ0) is 20.6. The lowest BCUT2D eigenvalue weighted by Gasteiger charge is -2.17. The first-order chi connectivity index (χ1) is 15.3. The highest BCUT2D eigenvalue weighted by Crippen LogP contribution is 2.37. The second-order valence-corrected chi connectivity index (χ2v) is 8.26. The van der Waals surface area contributed by atoms with Crippen molar-refractivity contribution < 1.29 is 18.9 Å². The third kappa shape index (κ3) is 3.97. The Balaban J connectivity index is 1.41. The number of benzene rings is 4. The molecule has 2 fully saturated rings. The topological polar surface area (TPSA) is 43.5 Å². The molecule has 156 valence electrons. The van der Waals surface area contributed by atoms with E-state index in [4.69, 9.17) is 18.9 Å². The minimum absolute atomic E-state index is 0.213. The summed E-state index contributed by atoms with van der Waals surface area (Å²) in [5.41, 5.74) is 2.31. The maximum absolute atomic E-state index is 6.30. The van der Waals surface area contributed by atoms with E-state index in [9.17, 15) is 0 Å². The Bertz CT molecular complexity index is 1140. The van der Waals surface area contributed by atoms with Crippen molar-refractivity contribution in [3.05, 3.63) is 83.9 Å². The maximum Gasteiger partial charge on any atom is 0.130 e. The van der Waals surface area contributed by atoms with Crippen molar-refractivity contribution in [1.29, 1.82) is 0 Å². The Kier molecular flexibility index (Phi) is 4.74. The fourth-order valence-corrected chi connectivity index (χ4v) is 4.08. The molecule has 4 heteroatoms. The lowest BCUT2D eigenvalue weighted by molar-refractivity contribution is 0.261. The molecule has 2 unspecified atom stereocenters. The molecule has 0 aliphatic carbocycles. The fourth-order valence-electron chi connectivity index (χ4n) is 4.08. The first-order valence-electron chi connectivity index (χ1n) is 10.9. The van der Waals surface area contributed by atoms with Gasteiger partial charge >= 0.3 is 0 Å². The Hall–Kier alpha value is -3.08. The van der Waals surface area contributed by atoms with Crippen LogP contribution in [0.3, 0.4) is 0 Å². The second kappa shape index (κ2) is 7.88. The van der Waals surface area contributed by atoms with Gasteiger partial charge in [-0.25, -0.2) is 0 Å². The van der Waals surface area contributed by atoms with Gasteiger partial charge in [0.05, 0.1) is 13.2 Å². The van der Waals surface area contributed by atoms with E-state index in [1.54, 1.807) is 0 Å². The molecule has 0 aromatic heterocycles. The molecule has 0 amide bonds. The van der Waals surface area contributed by atoms with E-state index < -0.39 is 0 Å². The van der Waals surface area contributed by atoms with E-state index in [0.717, 1.165) is 53.0 Å². The minimum atomic E-state index is 0.213. The van der Waals surface area contributed by atoms with Crippen molar-refractivity contribution in [3.63, 3.8) is 0 Å². The molecule has 0 saturated carbocycles. The van der Waals surface area contributed by atoms with Gasteiger partial charge in [0.2, 0.25) is 0 Å². The molecule has 0 bridgehead atoms. The van der Waals surface area contributed by atoms with Crippen LogP contribution in [-0.4, -0.2) is 38.6 Å². The number of rotatable bonds is 8. The molecule has 0 spiro atoms. The quantitative estimate of drug-likeness (QED) is 0.376. The van der Waals surface area contributed by atoms with Crippen LogP contribution >= 0.6 is 0 Å². The van der Waals surface area contributed by atoms with Gasteiger partial charge in [0, 0.05) is 17.2 Å². The standard InChI is InChI=1S/C27H24O4/c1-3-7-24-18(5-1)9-11-20(26(24)30-16-22-14-28-22)13-21-12-10-19-6-2-4-8-25(19)27(21)31-17-23-15-29-23/h1-12,22-23H,13-17H2. The van der Waals surface area contributed by atoms with Gasteiger partial charge in [0.25, 0.3) is 0 Å². The van der Waals surface area contributed by atoms with Crippen LogP contribution in [-0.2, 0) is 15.9 Å². The van der Waals surface area contributed by atoms with E-state index in [2.05, 4.69) is 72.8 Å². The molecule has 2 saturated heterocycles. The van der Waals surface area contributed by atoms with Crippen molar-refractivity contribution in [3.8, 4) is 11.5 Å². The predicted molar refractivity (Wildman–Crippen MR) is 121 cm³/mol. The van der Waals surface area contributed by atoms with Gasteiger partial charge in [-0.3, -0.25) is 0 Å². The molecule has 0 radical (unpaired) electrons. The molecule has 31 heavy (non-hydrogen) atoms. The first-order valence-corrected chi connectivity index (χ1v) is 10.9. The molecule has 2 aliphatic heterocycles. The zero-order valence-corrected chi connectivity index (χ0v) is 17.3. The summed E-state index contributed by atoms with van der Waals surface area (Å²) < 4.78 is 23.3. The van der Waals surface area contributed by atoms with E-state index in [-0.39, 0.29) is 12.2 Å². The third-order valence-corrected chi connectivity index (χ3v) is 5.94. The average Bonchev–Trinajstić information content (AvgIpc) is 3.73. The molecular weight excluding hydrogens is 388 g/mol. The van der Waals surface area contributed by atoms with Gasteiger partial charge in [0.15, 0.2) is 0 Å². The molecule has 4 aromatic rings. The zero-order valence-electron chi connectivity index (χ0n) is 17.3. The summed E-state index contributed by atoms with van der Waals surface area (Å²) in [6.07, 6.45) is 1.16. The molecule has 2 atom stereocenters. The van der Waals surface area contributed by atoms with Crippen LogP contribution in [0.2, 0.25) is 0 Å². The summed E-state index contributed by atoms with van der Waals surface area (Å²) in [6, 6.07) is 25.4. The Morgan fingerprint density at radius 1 is 0.613 bits per heavy atom. The minimum Gasteiger partial charge on any atom is -0.490 e. The highest BCUT2D eigenvalue weighted by atomic mass is 16.6. The number of ether oxygens (including phenoxy) is 4. The smallest absolute Gasteiger partial charge is 0.130 e. The Morgan fingerprint density at radius 3 is 1.52 bits per heavy atom. The summed E-state index contributed by atoms with van der Waals surface area (Å²) in [5.74, 6) is 1.89. The third-order valence-electron chi connectivity index (χ3n) is 5.94. The van der Waals surface area contributed by atoms with Crippen molar-refractivity contribution >= 4 is 21.5 Å². The highest BCUT2D eigenvalue weighted by Gasteiger charge is 2.25. The van der Waals surface area contributed by atoms with Crippen LogP contribution in [0.4, 0.5) is 0 Å². The van der Waals surface area contributed by atoms with Gasteiger partial charge in [-0.2, -0.15) is 0 Å². The van der Waals surface area contributed by atoms with Gasteiger partial charge in [-0.05, 0) is 21.9 Å². The van der Waals surface area contributed by atoms with Crippen LogP contribution in [0.1, 0.15) is 11.1 Å². The van der Waals surface area contributed by atoms with Gasteiger partial charge in [-0.1, -0.05) is 72.8 Å². The highest BCUT2D eigenvalue weighted by molar-refractivity contribution is 5.91. The largest absolute Gasteiger partial charge is 0.490 e. The molecule has 6 rings (SSSR count). The van der Waals surface area contributed by atoms with E-state index in [0.29, 0.717) is 13.2 Å². The summed E-state index contributed by atoms with van der Waals surface area (Å²) >= 11 is 0. The van der Waals surface area contributed by atoms with Crippen molar-refractivity contribution in [2.45, 2.75) is 18.6 Å². The lowest BCUT2D eigenvalue weighted by atomic mass is 9.96. The van der Waals surface area contributed by atoms with Gasteiger partial charge in [-0.15, -0.1) is 0 Å². The Morgan fingerprint density at radius 2 is 1.06 bits per heavy atom. The average molecular weight is 412 g/mol. The van der Waals surface area contributed by atoms with E-state index >= 15 is 0 Å². The van der Waals surface area contributed by atoms with Gasteiger partial charge in [0.1, 0.15) is 36.9 Å². The summed E-state index contributed by atoms with van der Waals surface area (Å²) in [6.45, 7) is 2.74. The molecule has 2 aliphatic rings. The van der Waals surface area contributed by atoms with Gasteiger partial charge < -0.3 is 18.9 Å². The maximum atomic E-state index is 6.30. The molecule has 4 nitrogen and oxygen atoms in total. The molecule has 4 aromatic carbocycles. The molecule has 0 N–H and O–H groups in total. The van der Waals surface area contributed by atoms with Crippen LogP contribution in [0.15, 0.2) is 72.8 Å². The summed E-state index contributed by atoms with van der Waals surface area (Å²) in [5, 5.41) is 4.63. The number of hydrogen-bond donors (Lipinski definition) is 0. The summed E-state index contributed by atoms with van der Waals surface area (Å²) in [7, 11) is 0. The Labute approximate surface area is 181 Å². The fraction of sp³-hybridized carbons (Fsp3) is 0.259. The van der Waals surface area contributed by atoms with Crippen LogP contribution in [0, 0.1) is 0 Å². The van der Waals surface area contributed by atoms with E-state index in [1.807, 2.05) is 0 Å². The number of epoxide rings is 2. The predicted octanol–water partition coefficient (Wildman–Crippen LogP) is 5.14. The van der Waals surface area contributed by atoms with Crippen LogP contribution in [0.5, 0.6) is 11.5 Å². The summed E-state index contributed by atoms with van der Waals surface area (Å²) in [4.78, 5) is 0. The number of hydrogen-bond acceptors (Lipinski definition) is 4. The second-order valence-electron chi connectivity index (χ2n) is 8.26.